The van der Waals surface area contributed by atoms with E-state index in [2.05, 4.69) is 15.3 Å². The number of carbonyl (C=O) groups is 2. The molecule has 1 fully saturated rings. The summed E-state index contributed by atoms with van der Waals surface area (Å²) < 4.78 is 13.0. The minimum atomic E-state index is -0.845. The van der Waals surface area contributed by atoms with Gasteiger partial charge in [-0.2, -0.15) is 0 Å². The fraction of sp³-hybridized carbons (Fsp3) is 0.314. The second kappa shape index (κ2) is 16.3. The Bertz CT molecular complexity index is 1540. The zero-order valence-electron chi connectivity index (χ0n) is 24.9. The third-order valence-electron chi connectivity index (χ3n) is 7.59. The molecule has 3 N–H and O–H groups in total. The Balaban J connectivity index is 1.27. The average Bonchev–Trinajstić information content (AvgIpc) is 3.09. The number of benzene rings is 3. The van der Waals surface area contributed by atoms with E-state index in [1.165, 1.54) is 0 Å². The molecule has 0 saturated carbocycles. The number of aliphatic hydroxyl groups excluding tert-OH is 1. The smallest absolute Gasteiger partial charge is 0.303 e. The number of ether oxygens (including phenoxy) is 2. The van der Waals surface area contributed by atoms with E-state index in [4.69, 9.17) is 14.6 Å². The van der Waals surface area contributed by atoms with Crippen LogP contribution in [0.1, 0.15) is 66.8 Å². The fourth-order valence-electron chi connectivity index (χ4n) is 5.17. The van der Waals surface area contributed by atoms with Crippen LogP contribution in [0, 0.1) is 0 Å². The Morgan fingerprint density at radius 2 is 1.58 bits per heavy atom. The molecule has 1 aliphatic heterocycles. The van der Waals surface area contributed by atoms with Gasteiger partial charge in [-0.15, -0.1) is 0 Å². The number of carbonyl (C=O) groups excluding carboxylic acids is 1. The van der Waals surface area contributed by atoms with Crippen LogP contribution in [0.4, 0.5) is 0 Å². The maximum absolute atomic E-state index is 12.3. The summed E-state index contributed by atoms with van der Waals surface area (Å²) in [6, 6.07) is 25.7. The number of hydrogen-bond donors (Lipinski definition) is 3. The van der Waals surface area contributed by atoms with Crippen molar-refractivity contribution in [2.75, 3.05) is 5.75 Å². The molecule has 0 bridgehead atoms. The van der Waals surface area contributed by atoms with Crippen molar-refractivity contribution < 1.29 is 29.3 Å². The van der Waals surface area contributed by atoms with E-state index in [0.717, 1.165) is 33.4 Å². The van der Waals surface area contributed by atoms with Crippen LogP contribution in [-0.2, 0) is 32.2 Å². The van der Waals surface area contributed by atoms with Crippen LogP contribution in [-0.4, -0.2) is 43.9 Å². The summed E-state index contributed by atoms with van der Waals surface area (Å²) in [5.74, 6) is -0.266. The van der Waals surface area contributed by atoms with Crippen LogP contribution in [0.3, 0.4) is 0 Å². The lowest BCUT2D eigenvalue weighted by Crippen LogP contribution is -2.31. The largest absolute Gasteiger partial charge is 0.481 e. The number of aliphatic carboxylic acids is 1. The van der Waals surface area contributed by atoms with Crippen LogP contribution >= 0.6 is 11.8 Å². The van der Waals surface area contributed by atoms with Crippen LogP contribution in [0.5, 0.6) is 0 Å². The Kier molecular flexibility index (Phi) is 11.7. The van der Waals surface area contributed by atoms with Crippen molar-refractivity contribution in [3.8, 4) is 11.1 Å². The minimum Gasteiger partial charge on any atom is -0.481 e. The molecule has 10 heteroatoms. The van der Waals surface area contributed by atoms with Crippen molar-refractivity contribution >= 4 is 23.6 Å². The van der Waals surface area contributed by atoms with Crippen LogP contribution in [0.2, 0.25) is 0 Å². The second-order valence-corrected chi connectivity index (χ2v) is 11.8. The lowest BCUT2D eigenvalue weighted by molar-refractivity contribution is -0.245. The molecule has 0 spiro atoms. The van der Waals surface area contributed by atoms with Gasteiger partial charge in [-0.25, -0.2) is 9.97 Å². The number of amides is 1. The molecule has 234 valence electrons. The molecule has 9 nitrogen and oxygen atoms in total. The number of nitrogens with one attached hydrogen (secondary N) is 1. The van der Waals surface area contributed by atoms with Crippen molar-refractivity contribution in [3.05, 3.63) is 114 Å². The van der Waals surface area contributed by atoms with Crippen molar-refractivity contribution in [3.63, 3.8) is 0 Å². The highest BCUT2D eigenvalue weighted by Crippen LogP contribution is 2.39. The summed E-state index contributed by atoms with van der Waals surface area (Å²) in [6.07, 6.45) is 4.67. The van der Waals surface area contributed by atoms with Gasteiger partial charge in [0.1, 0.15) is 0 Å². The predicted octanol–water partition coefficient (Wildman–Crippen LogP) is 6.23. The number of rotatable bonds is 14. The molecule has 0 radical (unpaired) electrons. The second-order valence-electron chi connectivity index (χ2n) is 10.8. The fourth-order valence-corrected chi connectivity index (χ4v) is 5.99. The van der Waals surface area contributed by atoms with Crippen molar-refractivity contribution in [2.45, 2.75) is 68.9 Å². The lowest BCUT2D eigenvalue weighted by Gasteiger charge is -2.36. The van der Waals surface area contributed by atoms with Crippen LogP contribution in [0.15, 0.2) is 96.4 Å². The lowest BCUT2D eigenvalue weighted by atomic mass is 9.97. The topological polar surface area (TPSA) is 131 Å². The van der Waals surface area contributed by atoms with Gasteiger partial charge >= 0.3 is 5.97 Å². The van der Waals surface area contributed by atoms with Crippen LogP contribution < -0.4 is 5.32 Å². The van der Waals surface area contributed by atoms with Gasteiger partial charge in [0.15, 0.2) is 11.4 Å². The van der Waals surface area contributed by atoms with Crippen molar-refractivity contribution in [1.82, 2.24) is 15.3 Å². The maximum atomic E-state index is 12.3. The number of hydrogen-bond acceptors (Lipinski definition) is 8. The van der Waals surface area contributed by atoms with Gasteiger partial charge in [0.05, 0.1) is 18.8 Å². The highest BCUT2D eigenvalue weighted by molar-refractivity contribution is 7.99. The van der Waals surface area contributed by atoms with Crippen LogP contribution in [0.25, 0.3) is 11.1 Å². The summed E-state index contributed by atoms with van der Waals surface area (Å²) in [5.41, 5.74) is 5.78. The summed E-state index contributed by atoms with van der Waals surface area (Å²) in [5, 5.41) is 21.9. The van der Waals surface area contributed by atoms with E-state index in [1.807, 2.05) is 72.8 Å². The monoisotopic (exact) mass is 627 g/mol. The third-order valence-corrected chi connectivity index (χ3v) is 8.59. The molecule has 3 atom stereocenters. The molecule has 5 rings (SSSR count). The molecular formula is C35H37N3O6S. The first-order chi connectivity index (χ1) is 22.0. The molecule has 2 heterocycles. The molecule has 1 aromatic heterocycles. The Morgan fingerprint density at radius 3 is 2.31 bits per heavy atom. The third kappa shape index (κ3) is 9.45. The number of aliphatic hydroxyl groups is 1. The summed E-state index contributed by atoms with van der Waals surface area (Å²) in [4.78, 5) is 31.7. The number of carboxylic acid groups (broad SMARTS) is 1. The Labute approximate surface area is 267 Å². The Morgan fingerprint density at radius 1 is 0.867 bits per heavy atom. The summed E-state index contributed by atoms with van der Waals surface area (Å²) in [7, 11) is 0. The normalized spacial score (nSPS) is 17.9. The van der Waals surface area contributed by atoms with Gasteiger partial charge in [0, 0.05) is 49.5 Å². The molecule has 1 aliphatic rings. The molecular weight excluding hydrogens is 590 g/mol. The minimum absolute atomic E-state index is 0.00960. The quantitative estimate of drug-likeness (QED) is 0.0845. The first-order valence-corrected chi connectivity index (χ1v) is 16.0. The standard InChI is InChI=1S/C35H37N3O6S/c39-22-24-10-12-26(13-11-24)31-20-29(23-45-35-36-18-5-19-37-35)43-34(44-31)27-16-14-25(15-17-27)30-7-2-1-6-28(30)21-38-32(40)8-3-4-9-33(41)42/h1-2,5-7,10-19,29,31,34,39H,3-4,8-9,20-23H2,(H,38,40)(H,41,42)/t29-,31+,34+/m1/s1. The zero-order valence-corrected chi connectivity index (χ0v) is 25.7. The molecule has 45 heavy (non-hydrogen) atoms. The van der Waals surface area contributed by atoms with E-state index >= 15 is 0 Å². The Hall–Kier alpha value is -4.09. The number of unbranched alkanes of at least 4 members (excludes halogenated alkanes) is 1. The van der Waals surface area contributed by atoms with E-state index < -0.39 is 12.3 Å². The average molecular weight is 628 g/mol. The van der Waals surface area contributed by atoms with Crippen molar-refractivity contribution in [2.24, 2.45) is 0 Å². The van der Waals surface area contributed by atoms with Gasteiger partial charge < -0.3 is 25.0 Å². The van der Waals surface area contributed by atoms with E-state index in [1.54, 1.807) is 30.2 Å². The molecule has 3 aromatic carbocycles. The van der Waals surface area contributed by atoms with Gasteiger partial charge in [-0.1, -0.05) is 84.6 Å². The predicted molar refractivity (Wildman–Crippen MR) is 171 cm³/mol. The molecule has 0 unspecified atom stereocenters. The van der Waals surface area contributed by atoms with E-state index in [0.29, 0.717) is 43.1 Å². The summed E-state index contributed by atoms with van der Waals surface area (Å²) >= 11 is 1.55. The highest BCUT2D eigenvalue weighted by atomic mass is 32.2. The van der Waals surface area contributed by atoms with Gasteiger partial charge in [-0.3, -0.25) is 9.59 Å². The number of thioether (sulfide) groups is 1. The van der Waals surface area contributed by atoms with Gasteiger partial charge in [0.25, 0.3) is 0 Å². The molecule has 0 aliphatic carbocycles. The molecule has 1 amide bonds. The number of carboxylic acids is 1. The molecule has 1 saturated heterocycles. The van der Waals surface area contributed by atoms with Crippen molar-refractivity contribution in [1.29, 1.82) is 0 Å². The number of nitrogens with zero attached hydrogens (tertiary/aromatic N) is 2. The SMILES string of the molecule is O=C(O)CCCCC(=O)NCc1ccccc1-c1ccc([C@H]2O[C@@H](CSc3ncccn3)C[C@@H](c3ccc(CO)cc3)O2)cc1. The maximum Gasteiger partial charge on any atom is 0.303 e. The van der Waals surface area contributed by atoms with Gasteiger partial charge in [0.2, 0.25) is 5.91 Å². The molecule has 4 aromatic rings. The number of aromatic nitrogens is 2. The van der Waals surface area contributed by atoms with E-state index in [9.17, 15) is 14.7 Å². The first kappa shape index (κ1) is 32.3. The summed E-state index contributed by atoms with van der Waals surface area (Å²) in [6.45, 7) is 0.371. The zero-order chi connectivity index (χ0) is 31.4. The van der Waals surface area contributed by atoms with E-state index in [-0.39, 0.29) is 31.1 Å². The highest BCUT2D eigenvalue weighted by Gasteiger charge is 2.32. The first-order valence-electron chi connectivity index (χ1n) is 15.1. The van der Waals surface area contributed by atoms with Gasteiger partial charge in [-0.05, 0) is 46.7 Å².